The zero-order valence-electron chi connectivity index (χ0n) is 18.2. The molecular formula is C23H23F3N2O5S. The fraction of sp³-hybridized carbons (Fsp3) is 0.348. The van der Waals surface area contributed by atoms with Crippen LogP contribution in [-0.4, -0.2) is 41.2 Å². The fourth-order valence-electron chi connectivity index (χ4n) is 3.39. The highest BCUT2D eigenvalue weighted by atomic mass is 32.2. The molecule has 1 fully saturated rings. The number of halogens is 3. The van der Waals surface area contributed by atoms with Gasteiger partial charge in [0.15, 0.2) is 0 Å². The van der Waals surface area contributed by atoms with Crippen molar-refractivity contribution in [3.63, 3.8) is 0 Å². The molecule has 0 bridgehead atoms. The minimum Gasteiger partial charge on any atom is -0.465 e. The second-order valence-corrected chi connectivity index (χ2v) is 8.79. The molecule has 2 atom stereocenters. The molecule has 1 saturated heterocycles. The van der Waals surface area contributed by atoms with Gasteiger partial charge in [-0.25, -0.2) is 0 Å². The van der Waals surface area contributed by atoms with Crippen LogP contribution in [0.4, 0.5) is 18.0 Å². The van der Waals surface area contributed by atoms with E-state index in [1.165, 1.54) is 18.2 Å². The van der Waals surface area contributed by atoms with Crippen molar-refractivity contribution in [3.8, 4) is 11.5 Å². The van der Waals surface area contributed by atoms with Gasteiger partial charge in [-0.05, 0) is 60.7 Å². The maximum atomic E-state index is 13.2. The number of nitrogens with one attached hydrogen (secondary N) is 1. The van der Waals surface area contributed by atoms with Crippen molar-refractivity contribution in [2.24, 2.45) is 5.73 Å². The number of nitrogens with two attached hydrogens (primary N) is 1. The SMILES string of the molecule is CCOC(=O)C(N)Cc1ccc(Oc2ccc(CC3SC(=O)NC3=O)c(CC(F)(F)F)c2)cc1. The molecule has 0 radical (unpaired) electrons. The summed E-state index contributed by atoms with van der Waals surface area (Å²) in [6, 6.07) is 10.1. The molecule has 34 heavy (non-hydrogen) atoms. The number of carbonyl (C=O) groups is 3. The van der Waals surface area contributed by atoms with E-state index in [0.717, 1.165) is 17.3 Å². The number of rotatable bonds is 9. The summed E-state index contributed by atoms with van der Waals surface area (Å²) in [6.45, 7) is 1.92. The van der Waals surface area contributed by atoms with E-state index in [4.69, 9.17) is 15.2 Å². The van der Waals surface area contributed by atoms with Crippen LogP contribution in [0.3, 0.4) is 0 Å². The molecule has 2 aromatic carbocycles. The molecular weight excluding hydrogens is 473 g/mol. The van der Waals surface area contributed by atoms with Gasteiger partial charge in [0.1, 0.15) is 17.5 Å². The molecule has 7 nitrogen and oxygen atoms in total. The number of thioether (sulfide) groups is 1. The summed E-state index contributed by atoms with van der Waals surface area (Å²) < 4.78 is 50.1. The summed E-state index contributed by atoms with van der Waals surface area (Å²) in [6.07, 6.45) is -5.41. The van der Waals surface area contributed by atoms with Gasteiger partial charge in [-0.3, -0.25) is 19.7 Å². The summed E-state index contributed by atoms with van der Waals surface area (Å²) in [4.78, 5) is 34.9. The van der Waals surface area contributed by atoms with Gasteiger partial charge in [-0.15, -0.1) is 0 Å². The number of esters is 1. The van der Waals surface area contributed by atoms with Gasteiger partial charge in [0.25, 0.3) is 5.24 Å². The van der Waals surface area contributed by atoms with Gasteiger partial charge in [0, 0.05) is 0 Å². The van der Waals surface area contributed by atoms with Gasteiger partial charge in [-0.2, -0.15) is 13.2 Å². The average Bonchev–Trinajstić information content (AvgIpc) is 3.07. The number of imide groups is 1. The largest absolute Gasteiger partial charge is 0.465 e. The highest BCUT2D eigenvalue weighted by Crippen LogP contribution is 2.32. The Labute approximate surface area is 198 Å². The monoisotopic (exact) mass is 496 g/mol. The van der Waals surface area contributed by atoms with Gasteiger partial charge in [0.2, 0.25) is 5.91 Å². The molecule has 1 aliphatic rings. The highest BCUT2D eigenvalue weighted by molar-refractivity contribution is 8.15. The standard InChI is InChI=1S/C23H23F3N2O5S/c1-2-32-21(30)18(27)9-13-3-6-16(7-4-13)33-17-8-5-14(15(10-17)12-23(24,25)26)11-19-20(29)28-22(31)34-19/h3-8,10,18-19H,2,9,11-12,27H2,1H3,(H,28,29,31). The van der Waals surface area contributed by atoms with Crippen LogP contribution in [0.25, 0.3) is 0 Å². The highest BCUT2D eigenvalue weighted by Gasteiger charge is 2.34. The summed E-state index contributed by atoms with van der Waals surface area (Å²) in [5, 5.41) is 0.839. The van der Waals surface area contributed by atoms with E-state index < -0.39 is 41.0 Å². The van der Waals surface area contributed by atoms with Gasteiger partial charge < -0.3 is 15.2 Å². The lowest BCUT2D eigenvalue weighted by molar-refractivity contribution is -0.144. The van der Waals surface area contributed by atoms with Crippen molar-refractivity contribution >= 4 is 28.9 Å². The molecule has 0 aromatic heterocycles. The van der Waals surface area contributed by atoms with Crippen molar-refractivity contribution < 1.29 is 37.0 Å². The van der Waals surface area contributed by atoms with Crippen LogP contribution >= 0.6 is 11.8 Å². The van der Waals surface area contributed by atoms with Gasteiger partial charge in [0.05, 0.1) is 18.3 Å². The lowest BCUT2D eigenvalue weighted by Gasteiger charge is -2.16. The van der Waals surface area contributed by atoms with E-state index in [2.05, 4.69) is 5.32 Å². The Bertz CT molecular complexity index is 1060. The quantitative estimate of drug-likeness (QED) is 0.507. The summed E-state index contributed by atoms with van der Waals surface area (Å²) in [5.41, 5.74) is 6.86. The molecule has 3 rings (SSSR count). The normalized spacial score (nSPS) is 16.8. The molecule has 3 N–H and O–H groups in total. The van der Waals surface area contributed by atoms with Gasteiger partial charge >= 0.3 is 12.1 Å². The topological polar surface area (TPSA) is 108 Å². The van der Waals surface area contributed by atoms with Crippen LogP contribution in [0.2, 0.25) is 0 Å². The first-order chi connectivity index (χ1) is 16.0. The molecule has 0 aliphatic carbocycles. The predicted octanol–water partition coefficient (Wildman–Crippen LogP) is 3.91. The minimum absolute atomic E-state index is 0.0106. The van der Waals surface area contributed by atoms with Crippen LogP contribution < -0.4 is 15.8 Å². The van der Waals surface area contributed by atoms with Crippen LogP contribution in [0.5, 0.6) is 11.5 Å². The number of hydrogen-bond acceptors (Lipinski definition) is 7. The molecule has 2 amide bonds. The fourth-order valence-corrected chi connectivity index (χ4v) is 4.24. The molecule has 1 aliphatic heterocycles. The maximum absolute atomic E-state index is 13.2. The molecule has 0 saturated carbocycles. The third-order valence-electron chi connectivity index (χ3n) is 4.94. The van der Waals surface area contributed by atoms with Crippen molar-refractivity contribution in [2.75, 3.05) is 6.61 Å². The first-order valence-corrected chi connectivity index (χ1v) is 11.3. The Kier molecular flexibility index (Phi) is 8.21. The first-order valence-electron chi connectivity index (χ1n) is 10.4. The molecule has 182 valence electrons. The van der Waals surface area contributed by atoms with Crippen LogP contribution in [0.1, 0.15) is 23.6 Å². The molecule has 0 spiro atoms. The Morgan fingerprint density at radius 3 is 2.38 bits per heavy atom. The minimum atomic E-state index is -4.46. The number of hydrogen-bond donors (Lipinski definition) is 2. The van der Waals surface area contributed by atoms with Crippen molar-refractivity contribution in [2.45, 2.75) is 43.7 Å². The molecule has 1 heterocycles. The number of alkyl halides is 3. The van der Waals surface area contributed by atoms with Crippen LogP contribution in [-0.2, 0) is 33.6 Å². The van der Waals surface area contributed by atoms with E-state index in [1.807, 2.05) is 0 Å². The lowest BCUT2D eigenvalue weighted by Crippen LogP contribution is -2.34. The van der Waals surface area contributed by atoms with Crippen molar-refractivity contribution in [1.82, 2.24) is 5.32 Å². The predicted molar refractivity (Wildman–Crippen MR) is 120 cm³/mol. The molecule has 2 aromatic rings. The maximum Gasteiger partial charge on any atom is 0.393 e. The van der Waals surface area contributed by atoms with E-state index >= 15 is 0 Å². The third kappa shape index (κ3) is 7.22. The van der Waals surface area contributed by atoms with Crippen molar-refractivity contribution in [1.29, 1.82) is 0 Å². The zero-order valence-corrected chi connectivity index (χ0v) is 19.0. The first kappa shape index (κ1) is 25.6. The molecule has 11 heteroatoms. The van der Waals surface area contributed by atoms with E-state index in [-0.39, 0.29) is 30.8 Å². The smallest absolute Gasteiger partial charge is 0.393 e. The third-order valence-corrected chi connectivity index (χ3v) is 5.93. The van der Waals surface area contributed by atoms with Crippen molar-refractivity contribution in [3.05, 3.63) is 59.2 Å². The Morgan fingerprint density at radius 2 is 1.79 bits per heavy atom. The second kappa shape index (κ2) is 10.9. The lowest BCUT2D eigenvalue weighted by atomic mass is 9.99. The van der Waals surface area contributed by atoms with E-state index in [9.17, 15) is 27.6 Å². The Balaban J connectivity index is 1.72. The number of amides is 2. The number of carbonyl (C=O) groups excluding carboxylic acids is 3. The Hall–Kier alpha value is -3.05. The van der Waals surface area contributed by atoms with Crippen LogP contribution in [0, 0.1) is 0 Å². The average molecular weight is 497 g/mol. The number of ether oxygens (including phenoxy) is 2. The zero-order chi connectivity index (χ0) is 24.9. The van der Waals surface area contributed by atoms with Gasteiger partial charge in [-0.1, -0.05) is 30.0 Å². The molecule has 2 unspecified atom stereocenters. The van der Waals surface area contributed by atoms with E-state index in [0.29, 0.717) is 11.3 Å². The summed E-state index contributed by atoms with van der Waals surface area (Å²) in [7, 11) is 0. The second-order valence-electron chi connectivity index (χ2n) is 7.62. The number of benzene rings is 2. The summed E-state index contributed by atoms with van der Waals surface area (Å²) >= 11 is 0.762. The van der Waals surface area contributed by atoms with E-state index in [1.54, 1.807) is 31.2 Å². The Morgan fingerprint density at radius 1 is 1.12 bits per heavy atom. The summed E-state index contributed by atoms with van der Waals surface area (Å²) in [5.74, 6) is -0.442. The van der Waals surface area contributed by atoms with Crippen LogP contribution in [0.15, 0.2) is 42.5 Å².